The molecule has 0 unspecified atom stereocenters. The van der Waals surface area contributed by atoms with E-state index in [1.807, 2.05) is 13.0 Å². The van der Waals surface area contributed by atoms with Crippen molar-refractivity contribution in [1.29, 1.82) is 0 Å². The van der Waals surface area contributed by atoms with Crippen molar-refractivity contribution < 1.29 is 9.63 Å². The summed E-state index contributed by atoms with van der Waals surface area (Å²) in [6, 6.07) is 0. The number of carbonyl (C=O) groups excluding carboxylic acids is 1. The van der Waals surface area contributed by atoms with Crippen molar-refractivity contribution >= 4 is 11.7 Å². The minimum Gasteiger partial charge on any atom is -0.312 e. The quantitative estimate of drug-likeness (QED) is 0.405. The van der Waals surface area contributed by atoms with Gasteiger partial charge in [-0.1, -0.05) is 18.2 Å². The second-order valence-corrected chi connectivity index (χ2v) is 2.08. The van der Waals surface area contributed by atoms with Crippen LogP contribution in [0.4, 0.5) is 0 Å². The van der Waals surface area contributed by atoms with E-state index >= 15 is 0 Å². The third-order valence-electron chi connectivity index (χ3n) is 1.28. The van der Waals surface area contributed by atoms with Crippen molar-refractivity contribution in [2.24, 2.45) is 5.16 Å². The van der Waals surface area contributed by atoms with Crippen LogP contribution in [-0.2, 0) is 9.63 Å². The Morgan fingerprint density at radius 2 is 2.40 bits per heavy atom. The predicted molar refractivity (Wildman–Crippen MR) is 37.6 cm³/mol. The van der Waals surface area contributed by atoms with E-state index in [-0.39, 0.29) is 5.97 Å². The van der Waals surface area contributed by atoms with Gasteiger partial charge in [-0.2, -0.15) is 0 Å². The van der Waals surface area contributed by atoms with Crippen molar-refractivity contribution in [3.8, 4) is 0 Å². The molecular formula is C7H9NO2. The molecule has 0 bridgehead atoms. The fourth-order valence-electron chi connectivity index (χ4n) is 0.791. The molecule has 0 saturated heterocycles. The molecule has 54 valence electrons. The van der Waals surface area contributed by atoms with E-state index in [2.05, 4.69) is 9.99 Å². The topological polar surface area (TPSA) is 38.7 Å². The molecule has 3 heteroatoms. The van der Waals surface area contributed by atoms with Crippen molar-refractivity contribution in [1.82, 2.24) is 0 Å². The summed E-state index contributed by atoms with van der Waals surface area (Å²) in [5.74, 6) is -0.334. The van der Waals surface area contributed by atoms with E-state index in [4.69, 9.17) is 0 Å². The van der Waals surface area contributed by atoms with Crippen molar-refractivity contribution in [2.75, 3.05) is 0 Å². The largest absolute Gasteiger partial charge is 0.367 e. The number of nitrogens with zero attached hydrogens (tertiary/aromatic N) is 1. The standard InChI is InChI=1S/C7H9NO2/c1-3-4-6-5(2)8-10-7(6)9/h4H,3H2,1-2H3. The minimum atomic E-state index is -0.334. The molecule has 0 N–H and O–H groups in total. The normalized spacial score (nSPS) is 21.2. The fraction of sp³-hybridized carbons (Fsp3) is 0.429. The number of hydrogen-bond donors (Lipinski definition) is 0. The van der Waals surface area contributed by atoms with E-state index in [0.29, 0.717) is 11.3 Å². The zero-order chi connectivity index (χ0) is 7.56. The van der Waals surface area contributed by atoms with Crippen LogP contribution in [0.5, 0.6) is 0 Å². The Labute approximate surface area is 59.4 Å². The first kappa shape index (κ1) is 6.99. The summed E-state index contributed by atoms with van der Waals surface area (Å²) in [5, 5.41) is 3.52. The molecule has 0 fully saturated rings. The van der Waals surface area contributed by atoms with Gasteiger partial charge in [0.15, 0.2) is 0 Å². The molecule has 0 aromatic carbocycles. The average Bonchev–Trinajstić information content (AvgIpc) is 2.20. The fourth-order valence-corrected chi connectivity index (χ4v) is 0.791. The molecule has 3 nitrogen and oxygen atoms in total. The van der Waals surface area contributed by atoms with Crippen molar-refractivity contribution in [2.45, 2.75) is 20.3 Å². The Balaban J connectivity index is 2.84. The van der Waals surface area contributed by atoms with Gasteiger partial charge < -0.3 is 4.84 Å². The van der Waals surface area contributed by atoms with Crippen LogP contribution in [-0.4, -0.2) is 11.7 Å². The first-order valence-electron chi connectivity index (χ1n) is 3.22. The molecule has 1 heterocycles. The summed E-state index contributed by atoms with van der Waals surface area (Å²) < 4.78 is 0. The molecule has 1 rings (SSSR count). The molecular weight excluding hydrogens is 130 g/mol. The maximum atomic E-state index is 10.8. The highest BCUT2D eigenvalue weighted by Crippen LogP contribution is 2.10. The number of hydrogen-bond acceptors (Lipinski definition) is 3. The molecule has 1 aliphatic rings. The van der Waals surface area contributed by atoms with E-state index in [1.165, 1.54) is 0 Å². The number of allylic oxidation sites excluding steroid dienone is 1. The zero-order valence-electron chi connectivity index (χ0n) is 6.05. The van der Waals surface area contributed by atoms with Crippen molar-refractivity contribution in [3.63, 3.8) is 0 Å². The van der Waals surface area contributed by atoms with Crippen LogP contribution in [0, 0.1) is 0 Å². The van der Waals surface area contributed by atoms with E-state index in [1.54, 1.807) is 6.92 Å². The van der Waals surface area contributed by atoms with Crippen LogP contribution >= 0.6 is 0 Å². The Hall–Kier alpha value is -1.12. The Morgan fingerprint density at radius 3 is 2.80 bits per heavy atom. The average molecular weight is 139 g/mol. The van der Waals surface area contributed by atoms with Gasteiger partial charge in [0.2, 0.25) is 0 Å². The van der Waals surface area contributed by atoms with Gasteiger partial charge in [-0.25, -0.2) is 4.79 Å². The first-order valence-corrected chi connectivity index (χ1v) is 3.22. The maximum Gasteiger partial charge on any atom is 0.367 e. The number of rotatable bonds is 1. The lowest BCUT2D eigenvalue weighted by molar-refractivity contribution is -0.136. The van der Waals surface area contributed by atoms with Gasteiger partial charge in [0.05, 0.1) is 11.3 Å². The van der Waals surface area contributed by atoms with Gasteiger partial charge in [-0.3, -0.25) is 0 Å². The molecule has 0 aromatic heterocycles. The second-order valence-electron chi connectivity index (χ2n) is 2.08. The Kier molecular flexibility index (Phi) is 1.85. The van der Waals surface area contributed by atoms with Crippen LogP contribution < -0.4 is 0 Å². The van der Waals surface area contributed by atoms with Crippen LogP contribution in [0.15, 0.2) is 16.8 Å². The molecule has 0 atom stereocenters. The lowest BCUT2D eigenvalue weighted by Crippen LogP contribution is -2.01. The highest BCUT2D eigenvalue weighted by atomic mass is 16.7. The summed E-state index contributed by atoms with van der Waals surface area (Å²) in [5.41, 5.74) is 1.27. The van der Waals surface area contributed by atoms with Gasteiger partial charge in [-0.15, -0.1) is 0 Å². The number of oxime groups is 1. The predicted octanol–water partition coefficient (Wildman–Crippen LogP) is 1.26. The summed E-state index contributed by atoms with van der Waals surface area (Å²) in [7, 11) is 0. The third kappa shape index (κ3) is 1.07. The van der Waals surface area contributed by atoms with Gasteiger partial charge >= 0.3 is 5.97 Å². The van der Waals surface area contributed by atoms with Gasteiger partial charge in [0.1, 0.15) is 0 Å². The highest BCUT2D eigenvalue weighted by Gasteiger charge is 2.20. The molecule has 0 amide bonds. The van der Waals surface area contributed by atoms with Gasteiger partial charge in [-0.05, 0) is 13.3 Å². The van der Waals surface area contributed by atoms with Gasteiger partial charge in [0.25, 0.3) is 0 Å². The third-order valence-corrected chi connectivity index (χ3v) is 1.28. The lowest BCUT2D eigenvalue weighted by atomic mass is 10.1. The van der Waals surface area contributed by atoms with E-state index in [0.717, 1.165) is 6.42 Å². The monoisotopic (exact) mass is 139 g/mol. The molecule has 1 aliphatic heterocycles. The maximum absolute atomic E-state index is 10.8. The molecule has 10 heavy (non-hydrogen) atoms. The van der Waals surface area contributed by atoms with Gasteiger partial charge in [0, 0.05) is 0 Å². The SMILES string of the molecule is CCC=C1C(=O)ON=C1C. The molecule has 0 spiro atoms. The summed E-state index contributed by atoms with van der Waals surface area (Å²) in [6.45, 7) is 3.72. The smallest absolute Gasteiger partial charge is 0.312 e. The van der Waals surface area contributed by atoms with Crippen LogP contribution in [0.3, 0.4) is 0 Å². The van der Waals surface area contributed by atoms with E-state index in [9.17, 15) is 4.79 Å². The minimum absolute atomic E-state index is 0.334. The molecule has 0 saturated carbocycles. The summed E-state index contributed by atoms with van der Waals surface area (Å²) >= 11 is 0. The second kappa shape index (κ2) is 2.64. The van der Waals surface area contributed by atoms with Crippen molar-refractivity contribution in [3.05, 3.63) is 11.6 Å². The molecule has 0 aromatic rings. The zero-order valence-corrected chi connectivity index (χ0v) is 6.05. The molecule has 0 radical (unpaired) electrons. The van der Waals surface area contributed by atoms with Crippen LogP contribution in [0.1, 0.15) is 20.3 Å². The lowest BCUT2D eigenvalue weighted by Gasteiger charge is -1.87. The Bertz CT molecular complexity index is 216. The highest BCUT2D eigenvalue weighted by molar-refractivity contribution is 6.21. The molecule has 0 aliphatic carbocycles. The first-order chi connectivity index (χ1) is 4.75. The van der Waals surface area contributed by atoms with E-state index < -0.39 is 0 Å². The summed E-state index contributed by atoms with van der Waals surface area (Å²) in [4.78, 5) is 15.2. The van der Waals surface area contributed by atoms with Crippen LogP contribution in [0.2, 0.25) is 0 Å². The number of carbonyl (C=O) groups is 1. The van der Waals surface area contributed by atoms with Crippen LogP contribution in [0.25, 0.3) is 0 Å². The Morgan fingerprint density at radius 1 is 1.70 bits per heavy atom. The summed E-state index contributed by atoms with van der Waals surface area (Å²) in [6.07, 6.45) is 2.64.